The van der Waals surface area contributed by atoms with Gasteiger partial charge in [-0.2, -0.15) is 4.98 Å². The van der Waals surface area contributed by atoms with Crippen LogP contribution in [0.5, 0.6) is 0 Å². The maximum absolute atomic E-state index is 13.7. The van der Waals surface area contributed by atoms with Crippen LogP contribution < -0.4 is 5.32 Å². The number of carbonyl (C=O) groups is 1. The summed E-state index contributed by atoms with van der Waals surface area (Å²) in [5.41, 5.74) is 1.02. The predicted molar refractivity (Wildman–Crippen MR) is 78.8 cm³/mol. The molecular formula is C16H12FN3O2. The Morgan fingerprint density at radius 1 is 1.14 bits per heavy atom. The summed E-state index contributed by atoms with van der Waals surface area (Å²) >= 11 is 0. The maximum atomic E-state index is 13.7. The van der Waals surface area contributed by atoms with Crippen LogP contribution in [0.25, 0.3) is 11.5 Å². The number of anilines is 1. The van der Waals surface area contributed by atoms with Gasteiger partial charge in [0.1, 0.15) is 5.82 Å². The Morgan fingerprint density at radius 3 is 2.59 bits per heavy atom. The van der Waals surface area contributed by atoms with Crippen molar-refractivity contribution in [3.05, 3.63) is 65.7 Å². The van der Waals surface area contributed by atoms with Gasteiger partial charge in [0.05, 0.1) is 16.8 Å². The molecule has 3 aromatic rings. The number of hydrogen-bond donors (Lipinski definition) is 1. The quantitative estimate of drug-likeness (QED) is 0.804. The van der Waals surface area contributed by atoms with Crippen LogP contribution >= 0.6 is 0 Å². The van der Waals surface area contributed by atoms with Gasteiger partial charge in [0.25, 0.3) is 11.8 Å². The van der Waals surface area contributed by atoms with Gasteiger partial charge < -0.3 is 9.84 Å². The molecule has 0 spiro atoms. The SMILES string of the molecule is Cc1noc(-c2ccccc2NC(=O)c2ccccc2F)n1. The largest absolute Gasteiger partial charge is 0.334 e. The highest BCUT2D eigenvalue weighted by molar-refractivity contribution is 6.06. The first-order valence-electron chi connectivity index (χ1n) is 6.61. The smallest absolute Gasteiger partial charge is 0.260 e. The molecule has 3 rings (SSSR count). The molecule has 0 bridgehead atoms. The van der Waals surface area contributed by atoms with Crippen molar-refractivity contribution in [2.24, 2.45) is 0 Å². The van der Waals surface area contributed by atoms with E-state index in [9.17, 15) is 9.18 Å². The fraction of sp³-hybridized carbons (Fsp3) is 0.0625. The lowest BCUT2D eigenvalue weighted by Gasteiger charge is -2.09. The highest BCUT2D eigenvalue weighted by Gasteiger charge is 2.16. The minimum atomic E-state index is -0.578. The maximum Gasteiger partial charge on any atom is 0.260 e. The summed E-state index contributed by atoms with van der Waals surface area (Å²) in [4.78, 5) is 16.3. The molecule has 110 valence electrons. The van der Waals surface area contributed by atoms with Crippen LogP contribution in [-0.2, 0) is 0 Å². The monoisotopic (exact) mass is 297 g/mol. The molecule has 0 fully saturated rings. The van der Waals surface area contributed by atoms with Crippen LogP contribution in [0.15, 0.2) is 53.1 Å². The molecule has 2 aromatic carbocycles. The Balaban J connectivity index is 1.93. The van der Waals surface area contributed by atoms with E-state index in [-0.39, 0.29) is 5.56 Å². The highest BCUT2D eigenvalue weighted by Crippen LogP contribution is 2.26. The molecule has 1 heterocycles. The normalized spacial score (nSPS) is 10.5. The molecule has 6 heteroatoms. The van der Waals surface area contributed by atoms with Crippen LogP contribution in [0.1, 0.15) is 16.2 Å². The number of nitrogens with zero attached hydrogens (tertiary/aromatic N) is 2. The van der Waals surface area contributed by atoms with E-state index in [2.05, 4.69) is 15.5 Å². The first kappa shape index (κ1) is 13.9. The van der Waals surface area contributed by atoms with Gasteiger partial charge in [-0.25, -0.2) is 4.39 Å². The number of rotatable bonds is 3. The van der Waals surface area contributed by atoms with Gasteiger partial charge in [-0.05, 0) is 31.2 Å². The van der Waals surface area contributed by atoms with Crippen molar-refractivity contribution >= 4 is 11.6 Å². The minimum absolute atomic E-state index is 0.0287. The molecule has 1 amide bonds. The lowest BCUT2D eigenvalue weighted by atomic mass is 10.1. The number of aryl methyl sites for hydroxylation is 1. The third-order valence-electron chi connectivity index (χ3n) is 3.05. The summed E-state index contributed by atoms with van der Waals surface area (Å²) in [7, 11) is 0. The van der Waals surface area contributed by atoms with Crippen molar-refractivity contribution in [3.63, 3.8) is 0 Å². The molecule has 0 aliphatic heterocycles. The number of aromatic nitrogens is 2. The highest BCUT2D eigenvalue weighted by atomic mass is 19.1. The van der Waals surface area contributed by atoms with Gasteiger partial charge in [0.2, 0.25) is 0 Å². The number of para-hydroxylation sites is 1. The number of amides is 1. The third-order valence-corrected chi connectivity index (χ3v) is 3.05. The van der Waals surface area contributed by atoms with E-state index in [1.807, 2.05) is 0 Å². The van der Waals surface area contributed by atoms with Crippen LogP contribution in [0.2, 0.25) is 0 Å². The molecule has 0 aliphatic carbocycles. The zero-order valence-corrected chi connectivity index (χ0v) is 11.7. The van der Waals surface area contributed by atoms with Crippen LogP contribution in [0.4, 0.5) is 10.1 Å². The van der Waals surface area contributed by atoms with Gasteiger partial charge in [-0.1, -0.05) is 29.4 Å². The molecule has 0 saturated carbocycles. The van der Waals surface area contributed by atoms with E-state index in [4.69, 9.17) is 4.52 Å². The Bertz CT molecular complexity index is 830. The van der Waals surface area contributed by atoms with Gasteiger partial charge in [-0.15, -0.1) is 0 Å². The topological polar surface area (TPSA) is 68.0 Å². The average Bonchev–Trinajstić information content (AvgIpc) is 2.94. The summed E-state index contributed by atoms with van der Waals surface area (Å²) < 4.78 is 18.8. The minimum Gasteiger partial charge on any atom is -0.334 e. The molecule has 0 radical (unpaired) electrons. The van der Waals surface area contributed by atoms with E-state index in [0.29, 0.717) is 23.0 Å². The number of carbonyl (C=O) groups excluding carboxylic acids is 1. The summed E-state index contributed by atoms with van der Waals surface area (Å²) in [6.07, 6.45) is 0. The fourth-order valence-corrected chi connectivity index (χ4v) is 2.02. The molecule has 1 N–H and O–H groups in total. The lowest BCUT2D eigenvalue weighted by molar-refractivity contribution is 0.102. The predicted octanol–water partition coefficient (Wildman–Crippen LogP) is 3.44. The number of halogens is 1. The molecule has 1 aromatic heterocycles. The van der Waals surface area contributed by atoms with E-state index in [1.54, 1.807) is 37.3 Å². The van der Waals surface area contributed by atoms with Gasteiger partial charge in [0.15, 0.2) is 5.82 Å². The molecule has 0 aliphatic rings. The Morgan fingerprint density at radius 2 is 1.86 bits per heavy atom. The molecule has 5 nitrogen and oxygen atoms in total. The van der Waals surface area contributed by atoms with Crippen molar-refractivity contribution in [2.45, 2.75) is 6.92 Å². The van der Waals surface area contributed by atoms with Crippen molar-refractivity contribution in [3.8, 4) is 11.5 Å². The zero-order chi connectivity index (χ0) is 15.5. The fourth-order valence-electron chi connectivity index (χ4n) is 2.02. The summed E-state index contributed by atoms with van der Waals surface area (Å²) in [6.45, 7) is 1.70. The van der Waals surface area contributed by atoms with Crippen LogP contribution in [0, 0.1) is 12.7 Å². The summed E-state index contributed by atoms with van der Waals surface area (Å²) in [5, 5.41) is 6.40. The molecule has 22 heavy (non-hydrogen) atoms. The van der Waals surface area contributed by atoms with Crippen molar-refractivity contribution in [1.29, 1.82) is 0 Å². The average molecular weight is 297 g/mol. The van der Waals surface area contributed by atoms with E-state index >= 15 is 0 Å². The Kier molecular flexibility index (Phi) is 3.65. The summed E-state index contributed by atoms with van der Waals surface area (Å²) in [6, 6.07) is 12.8. The van der Waals surface area contributed by atoms with Gasteiger partial charge in [0, 0.05) is 0 Å². The second kappa shape index (κ2) is 5.77. The Hall–Kier alpha value is -3.02. The zero-order valence-electron chi connectivity index (χ0n) is 11.7. The second-order valence-electron chi connectivity index (χ2n) is 4.63. The molecule has 0 atom stereocenters. The van der Waals surface area contributed by atoms with E-state index < -0.39 is 11.7 Å². The molecule has 0 unspecified atom stereocenters. The number of hydrogen-bond acceptors (Lipinski definition) is 4. The molecular weight excluding hydrogens is 285 g/mol. The Labute approximate surface area is 125 Å². The van der Waals surface area contributed by atoms with Gasteiger partial charge >= 0.3 is 0 Å². The van der Waals surface area contributed by atoms with Crippen LogP contribution in [0.3, 0.4) is 0 Å². The first-order valence-corrected chi connectivity index (χ1v) is 6.61. The lowest BCUT2D eigenvalue weighted by Crippen LogP contribution is -2.14. The van der Waals surface area contributed by atoms with Gasteiger partial charge in [-0.3, -0.25) is 4.79 Å². The standard InChI is InChI=1S/C16H12FN3O2/c1-10-18-16(22-20-10)12-7-3-5-9-14(12)19-15(21)11-6-2-4-8-13(11)17/h2-9H,1H3,(H,19,21). The van der Waals surface area contributed by atoms with Crippen molar-refractivity contribution < 1.29 is 13.7 Å². The van der Waals surface area contributed by atoms with Crippen molar-refractivity contribution in [2.75, 3.05) is 5.32 Å². The first-order chi connectivity index (χ1) is 10.6. The third kappa shape index (κ3) is 2.71. The van der Waals surface area contributed by atoms with E-state index in [0.717, 1.165) is 0 Å². The number of benzene rings is 2. The van der Waals surface area contributed by atoms with E-state index in [1.165, 1.54) is 18.2 Å². The van der Waals surface area contributed by atoms with Crippen molar-refractivity contribution in [1.82, 2.24) is 10.1 Å². The second-order valence-corrected chi connectivity index (χ2v) is 4.63. The van der Waals surface area contributed by atoms with Crippen LogP contribution in [-0.4, -0.2) is 16.0 Å². The summed E-state index contributed by atoms with van der Waals surface area (Å²) in [5.74, 6) is -0.333. The molecule has 0 saturated heterocycles. The number of nitrogens with one attached hydrogen (secondary N) is 1.